The number of benzene rings is 2. The molecule has 0 aliphatic carbocycles. The molecule has 0 unspecified atom stereocenters. The zero-order valence-corrected chi connectivity index (χ0v) is 13.0. The minimum absolute atomic E-state index is 0.119. The number of hydrogen-bond donors (Lipinski definition) is 0. The van der Waals surface area contributed by atoms with E-state index in [1.165, 1.54) is 6.08 Å². The Balaban J connectivity index is 2.47. The van der Waals surface area contributed by atoms with Crippen LogP contribution in [0.15, 0.2) is 48.0 Å². The normalized spacial score (nSPS) is 12.8. The molecule has 0 bridgehead atoms. The van der Waals surface area contributed by atoms with Crippen LogP contribution >= 0.6 is 7.60 Å². The Morgan fingerprint density at radius 2 is 1.71 bits per heavy atom. The molecule has 0 aliphatic heterocycles. The predicted molar refractivity (Wildman–Crippen MR) is 83.9 cm³/mol. The van der Waals surface area contributed by atoms with Crippen LogP contribution in [0.4, 0.5) is 4.39 Å². The highest BCUT2D eigenvalue weighted by atomic mass is 31.2. The zero-order chi connectivity index (χ0) is 15.3. The molecule has 0 atom stereocenters. The van der Waals surface area contributed by atoms with Gasteiger partial charge in [0.25, 0.3) is 0 Å². The van der Waals surface area contributed by atoms with Gasteiger partial charge in [-0.3, -0.25) is 4.57 Å². The van der Waals surface area contributed by atoms with Crippen molar-refractivity contribution in [3.05, 3.63) is 53.6 Å². The summed E-state index contributed by atoms with van der Waals surface area (Å²) in [6.45, 7) is 3.54. The molecule has 0 spiro atoms. The molecule has 0 N–H and O–H groups in total. The van der Waals surface area contributed by atoms with E-state index < -0.39 is 13.2 Å². The molecule has 21 heavy (non-hydrogen) atoms. The Labute approximate surface area is 123 Å². The van der Waals surface area contributed by atoms with Gasteiger partial charge in [0, 0.05) is 0 Å². The van der Waals surface area contributed by atoms with Crippen LogP contribution < -0.4 is 0 Å². The fraction of sp³-hybridized carbons (Fsp3) is 0.250. The monoisotopic (exact) mass is 308 g/mol. The second-order valence-electron chi connectivity index (χ2n) is 4.37. The predicted octanol–water partition coefficient (Wildman–Crippen LogP) is 5.37. The molecule has 0 amide bonds. The molecule has 0 aliphatic rings. The third-order valence-electron chi connectivity index (χ3n) is 2.96. The maximum atomic E-state index is 14.4. The fourth-order valence-corrected chi connectivity index (χ4v) is 3.38. The van der Waals surface area contributed by atoms with E-state index in [0.29, 0.717) is 5.56 Å². The van der Waals surface area contributed by atoms with Crippen LogP contribution in [0, 0.1) is 0 Å². The van der Waals surface area contributed by atoms with Crippen molar-refractivity contribution in [1.29, 1.82) is 0 Å². The minimum atomic E-state index is -3.86. The van der Waals surface area contributed by atoms with Gasteiger partial charge < -0.3 is 9.05 Å². The van der Waals surface area contributed by atoms with Gasteiger partial charge in [-0.05, 0) is 36.3 Å². The van der Waals surface area contributed by atoms with E-state index in [0.717, 1.165) is 10.8 Å². The van der Waals surface area contributed by atoms with E-state index in [2.05, 4.69) is 0 Å². The summed E-state index contributed by atoms with van der Waals surface area (Å²) in [5.74, 6) is 0. The first-order valence-corrected chi connectivity index (χ1v) is 8.39. The quantitative estimate of drug-likeness (QED) is 0.673. The molecule has 2 aromatic carbocycles. The SMILES string of the molecule is CCOP(=O)(OCC)/C(F)=C/c1cccc2ccccc12. The number of hydrogen-bond acceptors (Lipinski definition) is 3. The van der Waals surface area contributed by atoms with Crippen molar-refractivity contribution < 1.29 is 18.0 Å². The van der Waals surface area contributed by atoms with Crippen LogP contribution in [0.1, 0.15) is 19.4 Å². The molecule has 0 saturated heterocycles. The van der Waals surface area contributed by atoms with Gasteiger partial charge in [0.1, 0.15) is 0 Å². The van der Waals surface area contributed by atoms with Gasteiger partial charge in [-0.1, -0.05) is 42.5 Å². The van der Waals surface area contributed by atoms with E-state index in [1.807, 2.05) is 36.4 Å². The van der Waals surface area contributed by atoms with Crippen molar-refractivity contribution in [1.82, 2.24) is 0 Å². The Hall–Kier alpha value is -1.48. The van der Waals surface area contributed by atoms with Gasteiger partial charge in [-0.15, -0.1) is 0 Å². The summed E-state index contributed by atoms with van der Waals surface area (Å²) in [6, 6.07) is 13.2. The maximum absolute atomic E-state index is 14.4. The molecule has 112 valence electrons. The minimum Gasteiger partial charge on any atom is -0.304 e. The van der Waals surface area contributed by atoms with E-state index in [-0.39, 0.29) is 13.2 Å². The molecular weight excluding hydrogens is 290 g/mol. The second kappa shape index (κ2) is 6.99. The number of halogens is 1. The highest BCUT2D eigenvalue weighted by Gasteiger charge is 2.30. The molecule has 0 saturated carbocycles. The zero-order valence-electron chi connectivity index (χ0n) is 12.1. The van der Waals surface area contributed by atoms with Crippen LogP contribution in [0.25, 0.3) is 16.8 Å². The molecular formula is C16H18FO3P. The summed E-state index contributed by atoms with van der Waals surface area (Å²) < 4.78 is 36.8. The van der Waals surface area contributed by atoms with Crippen LogP contribution in [0.2, 0.25) is 0 Å². The maximum Gasteiger partial charge on any atom is 0.389 e. The lowest BCUT2D eigenvalue weighted by molar-refractivity contribution is 0.220. The summed E-state index contributed by atoms with van der Waals surface area (Å²) in [5, 5.41) is 1.87. The molecule has 0 fully saturated rings. The van der Waals surface area contributed by atoms with Crippen LogP contribution in [0.3, 0.4) is 0 Å². The summed E-state index contributed by atoms with van der Waals surface area (Å²) in [7, 11) is -3.86. The van der Waals surface area contributed by atoms with Crippen molar-refractivity contribution in [3.63, 3.8) is 0 Å². The van der Waals surface area contributed by atoms with Crippen molar-refractivity contribution in [2.24, 2.45) is 0 Å². The summed E-state index contributed by atoms with van der Waals surface area (Å²) in [4.78, 5) is 0. The lowest BCUT2D eigenvalue weighted by Gasteiger charge is -2.15. The van der Waals surface area contributed by atoms with E-state index >= 15 is 0 Å². The largest absolute Gasteiger partial charge is 0.389 e. The standard InChI is InChI=1S/C16H18FO3P/c1-3-19-21(18,20-4-2)16(17)12-14-10-7-9-13-8-5-6-11-15(13)14/h5-12H,3-4H2,1-2H3/b16-12+. The molecule has 2 rings (SSSR count). The van der Waals surface area contributed by atoms with Gasteiger partial charge in [0.2, 0.25) is 5.57 Å². The molecule has 2 aromatic rings. The lowest BCUT2D eigenvalue weighted by Crippen LogP contribution is -1.96. The van der Waals surface area contributed by atoms with Crippen molar-refractivity contribution in [2.75, 3.05) is 13.2 Å². The van der Waals surface area contributed by atoms with Crippen molar-refractivity contribution in [2.45, 2.75) is 13.8 Å². The van der Waals surface area contributed by atoms with Gasteiger partial charge in [-0.2, -0.15) is 4.39 Å². The van der Waals surface area contributed by atoms with Gasteiger partial charge >= 0.3 is 7.60 Å². The first kappa shape index (κ1) is 15.9. The van der Waals surface area contributed by atoms with Crippen LogP contribution in [0.5, 0.6) is 0 Å². The van der Waals surface area contributed by atoms with E-state index in [9.17, 15) is 8.96 Å². The molecule has 0 aromatic heterocycles. The highest BCUT2D eigenvalue weighted by molar-refractivity contribution is 7.58. The topological polar surface area (TPSA) is 35.5 Å². The van der Waals surface area contributed by atoms with E-state index in [1.54, 1.807) is 19.9 Å². The van der Waals surface area contributed by atoms with Gasteiger partial charge in [0.05, 0.1) is 13.2 Å². The molecule has 0 radical (unpaired) electrons. The third-order valence-corrected chi connectivity index (χ3v) is 4.81. The fourth-order valence-electron chi connectivity index (χ4n) is 2.08. The lowest BCUT2D eigenvalue weighted by atomic mass is 10.1. The molecule has 0 heterocycles. The average molecular weight is 308 g/mol. The average Bonchev–Trinajstić information content (AvgIpc) is 2.48. The van der Waals surface area contributed by atoms with E-state index in [4.69, 9.17) is 9.05 Å². The van der Waals surface area contributed by atoms with Gasteiger partial charge in [0.15, 0.2) is 0 Å². The number of fused-ring (bicyclic) bond motifs is 1. The summed E-state index contributed by atoms with van der Waals surface area (Å²) in [5.41, 5.74) is -0.229. The smallest absolute Gasteiger partial charge is 0.304 e. The van der Waals surface area contributed by atoms with Crippen molar-refractivity contribution >= 4 is 24.4 Å². The highest BCUT2D eigenvalue weighted by Crippen LogP contribution is 2.57. The Kier molecular flexibility index (Phi) is 5.29. The van der Waals surface area contributed by atoms with Gasteiger partial charge in [-0.25, -0.2) is 0 Å². The van der Waals surface area contributed by atoms with Crippen LogP contribution in [-0.2, 0) is 13.6 Å². The molecule has 3 nitrogen and oxygen atoms in total. The number of rotatable bonds is 6. The Morgan fingerprint density at radius 3 is 2.38 bits per heavy atom. The molecule has 5 heteroatoms. The Bertz CT molecular complexity index is 681. The summed E-state index contributed by atoms with van der Waals surface area (Å²) >= 11 is 0. The van der Waals surface area contributed by atoms with Crippen molar-refractivity contribution in [3.8, 4) is 0 Å². The first-order valence-electron chi connectivity index (χ1n) is 6.85. The second-order valence-corrected chi connectivity index (χ2v) is 6.31. The third kappa shape index (κ3) is 3.59. The first-order chi connectivity index (χ1) is 10.1. The van der Waals surface area contributed by atoms with Crippen LogP contribution in [-0.4, -0.2) is 13.2 Å². The Morgan fingerprint density at radius 1 is 1.10 bits per heavy atom. The summed E-state index contributed by atoms with van der Waals surface area (Å²) in [6.07, 6.45) is 1.23.